The summed E-state index contributed by atoms with van der Waals surface area (Å²) in [7, 11) is 4.17. The number of rotatable bonds is 39. The van der Waals surface area contributed by atoms with Crippen LogP contribution in [0.15, 0.2) is 48.6 Å². The number of hydrogen-bond acceptors (Lipinski definition) is 4. The smallest absolute Gasteiger partial charge is 0.0830 e. The quantitative estimate of drug-likeness (QED) is 0.0480. The van der Waals surface area contributed by atoms with E-state index in [0.29, 0.717) is 6.61 Å². The van der Waals surface area contributed by atoms with E-state index in [2.05, 4.69) is 81.5 Å². The first kappa shape index (κ1) is 46.8. The van der Waals surface area contributed by atoms with Crippen molar-refractivity contribution in [3.63, 3.8) is 0 Å². The highest BCUT2D eigenvalue weighted by atomic mass is 16.5. The van der Waals surface area contributed by atoms with Crippen molar-refractivity contribution in [2.24, 2.45) is 0 Å². The molecule has 0 aliphatic heterocycles. The average Bonchev–Trinajstić information content (AvgIpc) is 3.08. The Morgan fingerprint density at radius 2 is 0.875 bits per heavy atom. The van der Waals surface area contributed by atoms with Gasteiger partial charge >= 0.3 is 0 Å². The van der Waals surface area contributed by atoms with Gasteiger partial charge in [-0.1, -0.05) is 140 Å². The second-order valence-electron chi connectivity index (χ2n) is 13.9. The Kier molecular flexibility index (Phi) is 40.9. The van der Waals surface area contributed by atoms with E-state index in [1.807, 2.05) is 0 Å². The van der Waals surface area contributed by atoms with Crippen LogP contribution in [0.5, 0.6) is 0 Å². The molecule has 1 unspecified atom stereocenters. The van der Waals surface area contributed by atoms with Gasteiger partial charge in [-0.25, -0.2) is 0 Å². The minimum Gasteiger partial charge on any atom is -0.380 e. The van der Waals surface area contributed by atoms with Crippen LogP contribution in [-0.4, -0.2) is 64.7 Å². The Balaban J connectivity index is 3.84. The number of allylic oxidation sites excluding steroid dienone is 8. The van der Waals surface area contributed by atoms with Gasteiger partial charge in [-0.15, -0.1) is 0 Å². The Labute approximate surface area is 301 Å². The van der Waals surface area contributed by atoms with Gasteiger partial charge in [-0.3, -0.25) is 0 Å². The topological polar surface area (TPSA) is 30.9 Å². The van der Waals surface area contributed by atoms with Gasteiger partial charge in [0.25, 0.3) is 0 Å². The first-order valence-corrected chi connectivity index (χ1v) is 20.7. The molecule has 0 aliphatic carbocycles. The fraction of sp³-hybridized carbons (Fsp3) is 0.818. The molecule has 0 bridgehead atoms. The molecule has 48 heavy (non-hydrogen) atoms. The van der Waals surface area contributed by atoms with Gasteiger partial charge in [0, 0.05) is 26.4 Å². The van der Waals surface area contributed by atoms with Crippen LogP contribution in [-0.2, 0) is 14.2 Å². The maximum absolute atomic E-state index is 6.28. The molecule has 0 aromatic rings. The summed E-state index contributed by atoms with van der Waals surface area (Å²) in [6, 6.07) is 0. The molecule has 4 nitrogen and oxygen atoms in total. The van der Waals surface area contributed by atoms with E-state index in [1.54, 1.807) is 0 Å². The Hall–Kier alpha value is -1.20. The molecule has 0 aliphatic rings. The summed E-state index contributed by atoms with van der Waals surface area (Å²) in [4.78, 5) is 2.16. The number of likely N-dealkylation sites (N-methyl/N-ethyl adjacent to an activating group) is 1. The van der Waals surface area contributed by atoms with Crippen LogP contribution in [0, 0.1) is 0 Å². The lowest BCUT2D eigenvalue weighted by atomic mass is 10.1. The number of nitrogens with zero attached hydrogens (tertiary/aromatic N) is 1. The zero-order valence-corrected chi connectivity index (χ0v) is 32.8. The molecule has 0 N–H and O–H groups in total. The molecule has 0 saturated carbocycles. The summed E-state index contributed by atoms with van der Waals surface area (Å²) in [5.41, 5.74) is 0. The van der Waals surface area contributed by atoms with E-state index in [0.717, 1.165) is 65.1 Å². The summed E-state index contributed by atoms with van der Waals surface area (Å²) >= 11 is 0. The van der Waals surface area contributed by atoms with Gasteiger partial charge in [0.05, 0.1) is 19.3 Å². The molecule has 282 valence electrons. The van der Waals surface area contributed by atoms with Crippen molar-refractivity contribution in [3.05, 3.63) is 48.6 Å². The van der Waals surface area contributed by atoms with Crippen LogP contribution in [0.25, 0.3) is 0 Å². The van der Waals surface area contributed by atoms with Gasteiger partial charge in [0.1, 0.15) is 0 Å². The largest absolute Gasteiger partial charge is 0.380 e. The third-order valence-corrected chi connectivity index (χ3v) is 8.76. The molecule has 0 aromatic carbocycles. The summed E-state index contributed by atoms with van der Waals surface area (Å²) in [6.45, 7) is 9.39. The normalized spacial score (nSPS) is 13.1. The Morgan fingerprint density at radius 1 is 0.438 bits per heavy atom. The first-order valence-electron chi connectivity index (χ1n) is 20.7. The van der Waals surface area contributed by atoms with Gasteiger partial charge in [0.2, 0.25) is 0 Å². The average molecular weight is 674 g/mol. The molecule has 1 atom stereocenters. The van der Waals surface area contributed by atoms with E-state index < -0.39 is 0 Å². The summed E-state index contributed by atoms with van der Waals surface area (Å²) in [5, 5.41) is 0. The van der Waals surface area contributed by atoms with Crippen LogP contribution in [0.2, 0.25) is 0 Å². The lowest BCUT2D eigenvalue weighted by Gasteiger charge is -2.19. The zero-order chi connectivity index (χ0) is 34.9. The monoisotopic (exact) mass is 674 g/mol. The minimum atomic E-state index is 0.145. The third-order valence-electron chi connectivity index (χ3n) is 8.76. The van der Waals surface area contributed by atoms with E-state index in [9.17, 15) is 0 Å². The maximum Gasteiger partial charge on any atom is 0.0830 e. The SMILES string of the molecule is CCCCC/C=C\C/C=C\CCCCCCCCOCC(CCOCCN(C)C)OCCCCCCCC/C=C\C/C=C\CCCCC. The lowest BCUT2D eigenvalue weighted by Crippen LogP contribution is -2.24. The van der Waals surface area contributed by atoms with E-state index >= 15 is 0 Å². The molecule has 0 amide bonds. The summed E-state index contributed by atoms with van der Waals surface area (Å²) < 4.78 is 18.2. The molecular weight excluding hydrogens is 590 g/mol. The van der Waals surface area contributed by atoms with Crippen LogP contribution in [0.4, 0.5) is 0 Å². The first-order chi connectivity index (χ1) is 23.7. The highest BCUT2D eigenvalue weighted by Crippen LogP contribution is 2.11. The predicted molar refractivity (Wildman–Crippen MR) is 213 cm³/mol. The van der Waals surface area contributed by atoms with Gasteiger partial charge in [-0.05, 0) is 97.6 Å². The fourth-order valence-corrected chi connectivity index (χ4v) is 5.53. The van der Waals surface area contributed by atoms with Crippen LogP contribution >= 0.6 is 0 Å². The number of ether oxygens (including phenoxy) is 3. The number of hydrogen-bond donors (Lipinski definition) is 0. The van der Waals surface area contributed by atoms with Crippen molar-refractivity contribution in [3.8, 4) is 0 Å². The number of unbranched alkanes of at least 4 members (excludes halogenated alkanes) is 18. The molecule has 0 aromatic heterocycles. The molecule has 0 fully saturated rings. The van der Waals surface area contributed by atoms with Crippen LogP contribution < -0.4 is 0 Å². The van der Waals surface area contributed by atoms with Gasteiger partial charge in [-0.2, -0.15) is 0 Å². The molecular formula is C44H83NO3. The maximum atomic E-state index is 6.28. The van der Waals surface area contributed by atoms with E-state index in [4.69, 9.17) is 14.2 Å². The third kappa shape index (κ3) is 41.0. The van der Waals surface area contributed by atoms with Crippen molar-refractivity contribution in [2.75, 3.05) is 53.7 Å². The second kappa shape index (κ2) is 42.0. The molecule has 0 spiro atoms. The van der Waals surface area contributed by atoms with Crippen molar-refractivity contribution < 1.29 is 14.2 Å². The minimum absolute atomic E-state index is 0.145. The van der Waals surface area contributed by atoms with Crippen LogP contribution in [0.3, 0.4) is 0 Å². The Bertz CT molecular complexity index is 714. The lowest BCUT2D eigenvalue weighted by molar-refractivity contribution is -0.0354. The summed E-state index contributed by atoms with van der Waals surface area (Å²) in [6.07, 6.45) is 50.4. The van der Waals surface area contributed by atoms with Crippen molar-refractivity contribution in [1.29, 1.82) is 0 Å². The highest BCUT2D eigenvalue weighted by molar-refractivity contribution is 4.93. The molecule has 4 heteroatoms. The van der Waals surface area contributed by atoms with E-state index in [-0.39, 0.29) is 6.10 Å². The molecule has 0 saturated heterocycles. The predicted octanol–water partition coefficient (Wildman–Crippen LogP) is 13.0. The molecule has 0 radical (unpaired) electrons. The molecule has 0 heterocycles. The standard InChI is InChI=1S/C44H83NO3/c1-5-7-9-11-13-15-17-19-21-23-25-27-29-31-33-35-39-47-43-44(37-41-46-42-38-45(3)4)48-40-36-34-32-30-28-26-24-22-20-18-16-14-12-10-8-6-2/h13-16,19-22,44H,5-12,17-18,23-43H2,1-4H3/b15-13-,16-14-,21-19-,22-20-. The Morgan fingerprint density at radius 3 is 1.35 bits per heavy atom. The fourth-order valence-electron chi connectivity index (χ4n) is 5.53. The van der Waals surface area contributed by atoms with Crippen molar-refractivity contribution in [2.45, 2.75) is 180 Å². The van der Waals surface area contributed by atoms with E-state index in [1.165, 1.54) is 128 Å². The van der Waals surface area contributed by atoms with Crippen molar-refractivity contribution >= 4 is 0 Å². The van der Waals surface area contributed by atoms with Crippen molar-refractivity contribution in [1.82, 2.24) is 4.90 Å². The summed E-state index contributed by atoms with van der Waals surface area (Å²) in [5.74, 6) is 0. The zero-order valence-electron chi connectivity index (χ0n) is 32.8. The van der Waals surface area contributed by atoms with Gasteiger partial charge in [0.15, 0.2) is 0 Å². The molecule has 0 rings (SSSR count). The second-order valence-corrected chi connectivity index (χ2v) is 13.9. The van der Waals surface area contributed by atoms with Crippen LogP contribution in [0.1, 0.15) is 174 Å². The highest BCUT2D eigenvalue weighted by Gasteiger charge is 2.10. The van der Waals surface area contributed by atoms with Gasteiger partial charge < -0.3 is 19.1 Å².